The minimum absolute atomic E-state index is 0.281. The normalized spacial score (nSPS) is 14.9. The molecule has 0 unspecified atom stereocenters. The number of pyridine rings is 1. The molecule has 0 aliphatic carbocycles. The Hall–Kier alpha value is -3.87. The number of ether oxygens (including phenoxy) is 2. The average molecular weight is 474 g/mol. The van der Waals surface area contributed by atoms with Crippen molar-refractivity contribution >= 4 is 17.7 Å². The van der Waals surface area contributed by atoms with Crippen LogP contribution in [0.25, 0.3) is 11.1 Å². The molecule has 0 saturated carbocycles. The van der Waals surface area contributed by atoms with Crippen LogP contribution >= 0.6 is 0 Å². The maximum atomic E-state index is 13.2. The number of hydrogen-bond donors (Lipinski definition) is 1. The first-order valence-corrected chi connectivity index (χ1v) is 11.6. The summed E-state index contributed by atoms with van der Waals surface area (Å²) in [7, 11) is 1.34. The third-order valence-corrected chi connectivity index (χ3v) is 6.02. The molecule has 1 aliphatic heterocycles. The van der Waals surface area contributed by atoms with E-state index in [0.717, 1.165) is 16.7 Å². The van der Waals surface area contributed by atoms with Crippen molar-refractivity contribution in [1.29, 1.82) is 0 Å². The van der Waals surface area contributed by atoms with Gasteiger partial charge in [-0.1, -0.05) is 36.4 Å². The molecule has 0 saturated heterocycles. The van der Waals surface area contributed by atoms with Gasteiger partial charge >= 0.3 is 12.1 Å². The lowest BCUT2D eigenvalue weighted by atomic mass is 9.95. The van der Waals surface area contributed by atoms with Crippen molar-refractivity contribution < 1.29 is 19.1 Å². The lowest BCUT2D eigenvalue weighted by Gasteiger charge is -2.29. The molecule has 2 heterocycles. The molecule has 7 heteroatoms. The van der Waals surface area contributed by atoms with Crippen LogP contribution in [0.3, 0.4) is 0 Å². The number of carbonyl (C=O) groups excluding carboxylic acids is 2. The fraction of sp³-hybridized carbons (Fsp3) is 0.321. The third kappa shape index (κ3) is 5.29. The Bertz CT molecular complexity index is 1250. The second kappa shape index (κ2) is 9.78. The van der Waals surface area contributed by atoms with Crippen molar-refractivity contribution in [2.45, 2.75) is 45.9 Å². The lowest BCUT2D eigenvalue weighted by Crippen LogP contribution is -2.38. The Labute approximate surface area is 206 Å². The molecule has 7 nitrogen and oxygen atoms in total. The summed E-state index contributed by atoms with van der Waals surface area (Å²) < 4.78 is 10.6. The summed E-state index contributed by atoms with van der Waals surface area (Å²) in [6, 6.07) is 15.9. The SMILES string of the molecule is COC(=O)c1ccncc1NC[C@@H]1c2ccc(-c3ccccc3C)cc2CN1C(=O)OC(C)(C)C. The molecule has 0 spiro atoms. The summed E-state index contributed by atoms with van der Waals surface area (Å²) in [5.74, 6) is -0.450. The predicted molar refractivity (Wildman–Crippen MR) is 135 cm³/mol. The zero-order valence-corrected chi connectivity index (χ0v) is 20.8. The van der Waals surface area contributed by atoms with Crippen LogP contribution in [0.1, 0.15) is 53.9 Å². The molecule has 182 valence electrons. The number of aryl methyl sites for hydroxylation is 1. The van der Waals surface area contributed by atoms with Gasteiger partial charge in [0.05, 0.1) is 37.1 Å². The van der Waals surface area contributed by atoms with Crippen LogP contribution in [-0.2, 0) is 16.0 Å². The highest BCUT2D eigenvalue weighted by atomic mass is 16.6. The van der Waals surface area contributed by atoms with E-state index in [2.05, 4.69) is 47.6 Å². The van der Waals surface area contributed by atoms with Gasteiger partial charge in [0.2, 0.25) is 0 Å². The van der Waals surface area contributed by atoms with Crippen molar-refractivity contribution in [2.75, 3.05) is 19.0 Å². The van der Waals surface area contributed by atoms with Gasteiger partial charge in [-0.15, -0.1) is 0 Å². The van der Waals surface area contributed by atoms with E-state index >= 15 is 0 Å². The van der Waals surface area contributed by atoms with Gasteiger partial charge in [0.25, 0.3) is 0 Å². The van der Waals surface area contributed by atoms with E-state index in [1.807, 2.05) is 32.9 Å². The van der Waals surface area contributed by atoms with Crippen LogP contribution in [-0.4, -0.2) is 41.2 Å². The Balaban J connectivity index is 1.66. The number of esters is 1. The fourth-order valence-corrected chi connectivity index (χ4v) is 4.36. The molecule has 0 fully saturated rings. The number of carbonyl (C=O) groups is 2. The van der Waals surface area contributed by atoms with Crippen molar-refractivity contribution in [3.63, 3.8) is 0 Å². The van der Waals surface area contributed by atoms with E-state index in [1.54, 1.807) is 23.4 Å². The molecule has 1 N–H and O–H groups in total. The van der Waals surface area contributed by atoms with Crippen molar-refractivity contribution in [2.24, 2.45) is 0 Å². The van der Waals surface area contributed by atoms with E-state index in [0.29, 0.717) is 24.3 Å². The van der Waals surface area contributed by atoms with E-state index in [-0.39, 0.29) is 12.1 Å². The Morgan fingerprint density at radius 3 is 2.63 bits per heavy atom. The first-order chi connectivity index (χ1) is 16.7. The topological polar surface area (TPSA) is 80.8 Å². The second-order valence-electron chi connectivity index (χ2n) is 9.65. The van der Waals surface area contributed by atoms with Crippen LogP contribution in [0, 0.1) is 6.92 Å². The van der Waals surface area contributed by atoms with Gasteiger partial charge in [-0.25, -0.2) is 9.59 Å². The van der Waals surface area contributed by atoms with Crippen LogP contribution in [0.2, 0.25) is 0 Å². The van der Waals surface area contributed by atoms with E-state index in [9.17, 15) is 9.59 Å². The molecule has 1 aromatic heterocycles. The number of hydrogen-bond acceptors (Lipinski definition) is 6. The summed E-state index contributed by atoms with van der Waals surface area (Å²) in [6.45, 7) is 8.48. The number of rotatable bonds is 5. The summed E-state index contributed by atoms with van der Waals surface area (Å²) in [5, 5.41) is 3.30. The Morgan fingerprint density at radius 1 is 1.14 bits per heavy atom. The number of nitrogens with zero attached hydrogens (tertiary/aromatic N) is 2. The summed E-state index contributed by atoms with van der Waals surface area (Å²) in [5.41, 5.74) is 5.91. The van der Waals surface area contributed by atoms with E-state index in [4.69, 9.17) is 9.47 Å². The predicted octanol–water partition coefficient (Wildman–Crippen LogP) is 5.75. The van der Waals surface area contributed by atoms with Gasteiger partial charge in [0.15, 0.2) is 0 Å². The summed E-state index contributed by atoms with van der Waals surface area (Å²) in [4.78, 5) is 31.2. The molecule has 0 bridgehead atoms. The first-order valence-electron chi connectivity index (χ1n) is 11.6. The Kier molecular flexibility index (Phi) is 6.78. The fourth-order valence-electron chi connectivity index (χ4n) is 4.36. The maximum absolute atomic E-state index is 13.2. The van der Waals surface area contributed by atoms with E-state index in [1.165, 1.54) is 18.2 Å². The molecule has 2 aromatic carbocycles. The number of methoxy groups -OCH3 is 1. The largest absolute Gasteiger partial charge is 0.465 e. The molecule has 1 aliphatic rings. The van der Waals surface area contributed by atoms with Crippen molar-refractivity contribution in [1.82, 2.24) is 9.88 Å². The van der Waals surface area contributed by atoms with Gasteiger partial charge in [-0.3, -0.25) is 9.88 Å². The minimum atomic E-state index is -0.614. The van der Waals surface area contributed by atoms with E-state index < -0.39 is 11.6 Å². The third-order valence-electron chi connectivity index (χ3n) is 6.02. The second-order valence-corrected chi connectivity index (χ2v) is 9.65. The standard InChI is InChI=1S/C28H31N3O4/c1-18-8-6-7-9-21(18)19-10-11-22-20(14-19)17-31(27(33)35-28(2,3)4)25(22)16-30-24-15-29-13-12-23(24)26(32)34-5/h6-15,25,30H,16-17H2,1-5H3/t25-/m1/s1. The lowest BCUT2D eigenvalue weighted by molar-refractivity contribution is 0.0182. The van der Waals surface area contributed by atoms with Crippen LogP contribution < -0.4 is 5.32 Å². The minimum Gasteiger partial charge on any atom is -0.465 e. The van der Waals surface area contributed by atoms with Crippen molar-refractivity contribution in [3.05, 3.63) is 83.2 Å². The molecule has 0 radical (unpaired) electrons. The summed E-state index contributed by atoms with van der Waals surface area (Å²) >= 11 is 0. The van der Waals surface area contributed by atoms with Gasteiger partial charge in [0.1, 0.15) is 5.60 Å². The van der Waals surface area contributed by atoms with Gasteiger partial charge in [-0.05, 0) is 67.6 Å². The smallest absolute Gasteiger partial charge is 0.411 e. The number of fused-ring (bicyclic) bond motifs is 1. The van der Waals surface area contributed by atoms with Gasteiger partial charge < -0.3 is 14.8 Å². The number of anilines is 1. The zero-order chi connectivity index (χ0) is 25.2. The van der Waals surface area contributed by atoms with Gasteiger partial charge in [-0.2, -0.15) is 0 Å². The highest BCUT2D eigenvalue weighted by molar-refractivity contribution is 5.95. The summed E-state index contributed by atoms with van der Waals surface area (Å²) in [6.07, 6.45) is 2.75. The number of aromatic nitrogens is 1. The number of nitrogens with one attached hydrogen (secondary N) is 1. The Morgan fingerprint density at radius 2 is 1.91 bits per heavy atom. The highest BCUT2D eigenvalue weighted by Gasteiger charge is 2.36. The molecule has 3 aromatic rings. The van der Waals surface area contributed by atoms with Crippen molar-refractivity contribution in [3.8, 4) is 11.1 Å². The van der Waals surface area contributed by atoms with Gasteiger partial charge in [0, 0.05) is 12.7 Å². The first kappa shape index (κ1) is 24.3. The zero-order valence-electron chi connectivity index (χ0n) is 20.8. The molecule has 35 heavy (non-hydrogen) atoms. The molecular formula is C28H31N3O4. The van der Waals surface area contributed by atoms with Crippen LogP contribution in [0.5, 0.6) is 0 Å². The quantitative estimate of drug-likeness (QED) is 0.476. The monoisotopic (exact) mass is 473 g/mol. The highest BCUT2D eigenvalue weighted by Crippen LogP contribution is 2.38. The van der Waals surface area contributed by atoms with Crippen LogP contribution in [0.4, 0.5) is 10.5 Å². The maximum Gasteiger partial charge on any atom is 0.411 e. The molecule has 1 amide bonds. The molecule has 4 rings (SSSR count). The van der Waals surface area contributed by atoms with Crippen LogP contribution in [0.15, 0.2) is 60.9 Å². The molecule has 1 atom stereocenters. The molecular weight excluding hydrogens is 442 g/mol. The number of amides is 1. The average Bonchev–Trinajstić information content (AvgIpc) is 3.19. The number of benzene rings is 2.